The van der Waals surface area contributed by atoms with E-state index in [9.17, 15) is 14.3 Å². The Morgan fingerprint density at radius 3 is 2.88 bits per heavy atom. The number of anilines is 1. The van der Waals surface area contributed by atoms with Crippen LogP contribution in [0.3, 0.4) is 0 Å². The lowest BCUT2D eigenvalue weighted by molar-refractivity contribution is -0.116. The first-order valence-electron chi connectivity index (χ1n) is 5.36. The van der Waals surface area contributed by atoms with E-state index in [1.807, 2.05) is 6.92 Å². The monoisotopic (exact) mass is 223 g/mol. The molecule has 16 heavy (non-hydrogen) atoms. The van der Waals surface area contributed by atoms with Gasteiger partial charge in [-0.05, 0) is 31.0 Å². The molecule has 1 aromatic rings. The van der Waals surface area contributed by atoms with Gasteiger partial charge >= 0.3 is 0 Å². The zero-order chi connectivity index (χ0) is 11.9. The molecule has 0 fully saturated rings. The number of fused-ring (bicyclic) bond motifs is 1. The number of hydrogen-bond acceptors (Lipinski definition) is 2. The van der Waals surface area contributed by atoms with Gasteiger partial charge in [-0.15, -0.1) is 0 Å². The molecule has 0 radical (unpaired) electrons. The summed E-state index contributed by atoms with van der Waals surface area (Å²) >= 11 is 0. The molecule has 2 unspecified atom stereocenters. The van der Waals surface area contributed by atoms with Gasteiger partial charge in [-0.1, -0.05) is 6.92 Å². The van der Waals surface area contributed by atoms with Crippen molar-refractivity contribution >= 4 is 11.6 Å². The molecule has 1 aromatic carbocycles. The van der Waals surface area contributed by atoms with Gasteiger partial charge in [0.05, 0.1) is 17.7 Å². The SMILES string of the molecule is CCC(O)c1cc(F)cc2c1NC(=O)C2C. The first kappa shape index (κ1) is 11.1. The van der Waals surface area contributed by atoms with E-state index in [-0.39, 0.29) is 11.8 Å². The fraction of sp³-hybridized carbons (Fsp3) is 0.417. The predicted molar refractivity (Wildman–Crippen MR) is 58.7 cm³/mol. The van der Waals surface area contributed by atoms with Crippen molar-refractivity contribution in [3.63, 3.8) is 0 Å². The van der Waals surface area contributed by atoms with E-state index >= 15 is 0 Å². The number of aliphatic hydroxyl groups is 1. The maximum atomic E-state index is 13.4. The van der Waals surface area contributed by atoms with Crippen LogP contribution in [0.25, 0.3) is 0 Å². The van der Waals surface area contributed by atoms with Gasteiger partial charge in [-0.25, -0.2) is 4.39 Å². The van der Waals surface area contributed by atoms with E-state index in [4.69, 9.17) is 0 Å². The van der Waals surface area contributed by atoms with Crippen LogP contribution in [0.1, 0.15) is 43.4 Å². The van der Waals surface area contributed by atoms with E-state index in [1.165, 1.54) is 12.1 Å². The lowest BCUT2D eigenvalue weighted by Gasteiger charge is -2.13. The number of amides is 1. The summed E-state index contributed by atoms with van der Waals surface area (Å²) in [5.74, 6) is -0.914. The van der Waals surface area contributed by atoms with Gasteiger partial charge in [0.15, 0.2) is 0 Å². The molecular formula is C12H14FNO2. The Morgan fingerprint density at radius 1 is 1.56 bits per heavy atom. The van der Waals surface area contributed by atoms with Crippen molar-refractivity contribution in [3.05, 3.63) is 29.1 Å². The zero-order valence-corrected chi connectivity index (χ0v) is 9.25. The third kappa shape index (κ3) is 1.59. The molecule has 2 atom stereocenters. The Morgan fingerprint density at radius 2 is 2.25 bits per heavy atom. The molecule has 0 aliphatic carbocycles. The number of nitrogens with one attached hydrogen (secondary N) is 1. The Bertz CT molecular complexity index is 445. The average Bonchev–Trinajstić information content (AvgIpc) is 2.54. The van der Waals surface area contributed by atoms with E-state index in [0.717, 1.165) is 0 Å². The Balaban J connectivity index is 2.57. The summed E-state index contributed by atoms with van der Waals surface area (Å²) in [4.78, 5) is 11.5. The molecule has 1 amide bonds. The highest BCUT2D eigenvalue weighted by Gasteiger charge is 2.30. The summed E-state index contributed by atoms with van der Waals surface area (Å²) in [5.41, 5.74) is 1.68. The van der Waals surface area contributed by atoms with Gasteiger partial charge < -0.3 is 10.4 Å². The van der Waals surface area contributed by atoms with Gasteiger partial charge in [0.25, 0.3) is 0 Å². The number of aliphatic hydroxyl groups excluding tert-OH is 1. The molecule has 1 aliphatic rings. The van der Waals surface area contributed by atoms with Crippen molar-refractivity contribution in [2.24, 2.45) is 0 Å². The van der Waals surface area contributed by atoms with Crippen LogP contribution in [0, 0.1) is 5.82 Å². The minimum Gasteiger partial charge on any atom is -0.388 e. The molecule has 1 aliphatic heterocycles. The lowest BCUT2D eigenvalue weighted by Crippen LogP contribution is -2.09. The molecule has 0 spiro atoms. The van der Waals surface area contributed by atoms with Crippen LogP contribution in [-0.4, -0.2) is 11.0 Å². The van der Waals surface area contributed by atoms with E-state index in [1.54, 1.807) is 6.92 Å². The van der Waals surface area contributed by atoms with Crippen molar-refractivity contribution in [2.45, 2.75) is 32.3 Å². The third-order valence-corrected chi connectivity index (χ3v) is 3.02. The molecule has 3 nitrogen and oxygen atoms in total. The van der Waals surface area contributed by atoms with Gasteiger partial charge in [0.1, 0.15) is 5.82 Å². The fourth-order valence-electron chi connectivity index (χ4n) is 1.99. The number of hydrogen-bond donors (Lipinski definition) is 2. The fourth-order valence-corrected chi connectivity index (χ4v) is 1.99. The second-order valence-electron chi connectivity index (χ2n) is 4.09. The minimum atomic E-state index is -0.741. The minimum absolute atomic E-state index is 0.148. The zero-order valence-electron chi connectivity index (χ0n) is 9.25. The van der Waals surface area contributed by atoms with Gasteiger partial charge in [0.2, 0.25) is 5.91 Å². The number of rotatable bonds is 2. The highest BCUT2D eigenvalue weighted by Crippen LogP contribution is 2.38. The summed E-state index contributed by atoms with van der Waals surface area (Å²) in [6, 6.07) is 2.63. The van der Waals surface area contributed by atoms with Crippen molar-refractivity contribution in [1.29, 1.82) is 0 Å². The van der Waals surface area contributed by atoms with Crippen LogP contribution in [0.2, 0.25) is 0 Å². The maximum absolute atomic E-state index is 13.4. The second-order valence-corrected chi connectivity index (χ2v) is 4.09. The molecule has 0 saturated heterocycles. The van der Waals surface area contributed by atoms with Crippen LogP contribution in [0.15, 0.2) is 12.1 Å². The lowest BCUT2D eigenvalue weighted by atomic mass is 9.97. The first-order chi connectivity index (χ1) is 7.54. The molecule has 0 aromatic heterocycles. The Labute approximate surface area is 93.3 Å². The topological polar surface area (TPSA) is 49.3 Å². The van der Waals surface area contributed by atoms with E-state index in [0.29, 0.717) is 23.2 Å². The summed E-state index contributed by atoms with van der Waals surface area (Å²) in [7, 11) is 0. The predicted octanol–water partition coefficient (Wildman–Crippen LogP) is 2.32. The van der Waals surface area contributed by atoms with Crippen molar-refractivity contribution in [2.75, 3.05) is 5.32 Å². The number of carbonyl (C=O) groups excluding carboxylic acids is 1. The quantitative estimate of drug-likeness (QED) is 0.808. The summed E-state index contributed by atoms with van der Waals surface area (Å²) in [6.45, 7) is 3.53. The second kappa shape index (κ2) is 3.87. The number of halogens is 1. The van der Waals surface area contributed by atoms with Crippen LogP contribution in [0.5, 0.6) is 0 Å². The van der Waals surface area contributed by atoms with Crippen LogP contribution < -0.4 is 5.32 Å². The standard InChI is InChI=1S/C12H14FNO2/c1-3-10(15)9-5-7(13)4-8-6(2)12(16)14-11(8)9/h4-6,10,15H,3H2,1-2H3,(H,14,16). The smallest absolute Gasteiger partial charge is 0.231 e. The molecule has 2 N–H and O–H groups in total. The highest BCUT2D eigenvalue weighted by molar-refractivity contribution is 6.03. The van der Waals surface area contributed by atoms with Gasteiger partial charge in [0, 0.05) is 5.56 Å². The van der Waals surface area contributed by atoms with Crippen LogP contribution in [-0.2, 0) is 4.79 Å². The number of carbonyl (C=O) groups is 1. The largest absolute Gasteiger partial charge is 0.388 e. The van der Waals surface area contributed by atoms with Crippen LogP contribution in [0.4, 0.5) is 10.1 Å². The Kier molecular flexibility index (Phi) is 2.68. The van der Waals surface area contributed by atoms with Crippen LogP contribution >= 0.6 is 0 Å². The van der Waals surface area contributed by atoms with Crippen molar-refractivity contribution < 1.29 is 14.3 Å². The van der Waals surface area contributed by atoms with E-state index in [2.05, 4.69) is 5.32 Å². The normalized spacial score (nSPS) is 20.5. The van der Waals surface area contributed by atoms with Gasteiger partial charge in [-0.3, -0.25) is 4.79 Å². The molecule has 0 saturated carbocycles. The number of benzene rings is 1. The van der Waals surface area contributed by atoms with E-state index < -0.39 is 11.9 Å². The molecule has 0 bridgehead atoms. The first-order valence-corrected chi connectivity index (χ1v) is 5.36. The average molecular weight is 223 g/mol. The summed E-state index contributed by atoms with van der Waals surface area (Å²) < 4.78 is 13.4. The summed E-state index contributed by atoms with van der Waals surface area (Å²) in [5, 5.41) is 12.5. The molecule has 86 valence electrons. The molecular weight excluding hydrogens is 209 g/mol. The van der Waals surface area contributed by atoms with Crippen molar-refractivity contribution in [1.82, 2.24) is 0 Å². The molecule has 2 rings (SSSR count). The third-order valence-electron chi connectivity index (χ3n) is 3.02. The van der Waals surface area contributed by atoms with Gasteiger partial charge in [-0.2, -0.15) is 0 Å². The summed E-state index contributed by atoms with van der Waals surface area (Å²) in [6.07, 6.45) is -0.254. The molecule has 4 heteroatoms. The maximum Gasteiger partial charge on any atom is 0.231 e. The molecule has 1 heterocycles. The van der Waals surface area contributed by atoms with Crippen molar-refractivity contribution in [3.8, 4) is 0 Å². The highest BCUT2D eigenvalue weighted by atomic mass is 19.1. The Hall–Kier alpha value is -1.42.